The molecule has 1 saturated heterocycles. The van der Waals surface area contributed by atoms with Crippen LogP contribution in [0.2, 0.25) is 0 Å². The lowest BCUT2D eigenvalue weighted by Crippen LogP contribution is -2.19. The highest BCUT2D eigenvalue weighted by Crippen LogP contribution is 2.34. The summed E-state index contributed by atoms with van der Waals surface area (Å²) in [4.78, 5) is 15.6. The van der Waals surface area contributed by atoms with E-state index in [0.29, 0.717) is 17.1 Å². The predicted octanol–water partition coefficient (Wildman–Crippen LogP) is 6.05. The molecule has 5 rings (SSSR count). The Bertz CT molecular complexity index is 1270. The number of benzene rings is 2. The largest absolute Gasteiger partial charge is 0.451 e. The van der Waals surface area contributed by atoms with Gasteiger partial charge < -0.3 is 14.6 Å². The Labute approximate surface area is 195 Å². The standard InChI is InChI=1S/C24H24N4O2S2/c1-15-13-17(9-10-20(15)28-11-5-6-12-28)25-23(29)22-19(14-31-24-27-26-16(2)32-24)18-7-3-4-8-21(18)30-22/h3-4,7-10,13H,5-6,11-12,14H2,1-2H3,(H,25,29). The average molecular weight is 465 g/mol. The van der Waals surface area contributed by atoms with Crippen molar-refractivity contribution >= 4 is 51.3 Å². The number of aromatic nitrogens is 2. The third-order valence-electron chi connectivity index (χ3n) is 5.65. The van der Waals surface area contributed by atoms with Gasteiger partial charge in [-0.1, -0.05) is 41.3 Å². The highest BCUT2D eigenvalue weighted by Gasteiger charge is 2.22. The highest BCUT2D eigenvalue weighted by atomic mass is 32.2. The van der Waals surface area contributed by atoms with E-state index in [0.717, 1.165) is 44.6 Å². The molecule has 6 nitrogen and oxygen atoms in total. The second-order valence-corrected chi connectivity index (χ2v) is 10.3. The second-order valence-electron chi connectivity index (χ2n) is 7.93. The normalized spacial score (nSPS) is 13.8. The van der Waals surface area contributed by atoms with Gasteiger partial charge >= 0.3 is 0 Å². The molecular weight excluding hydrogens is 440 g/mol. The fourth-order valence-electron chi connectivity index (χ4n) is 4.13. The van der Waals surface area contributed by atoms with Crippen LogP contribution in [0.15, 0.2) is 51.2 Å². The van der Waals surface area contributed by atoms with Gasteiger partial charge in [0.1, 0.15) is 10.6 Å². The number of nitrogens with one attached hydrogen (secondary N) is 1. The van der Waals surface area contributed by atoms with Crippen LogP contribution in [0.5, 0.6) is 0 Å². The fraction of sp³-hybridized carbons (Fsp3) is 0.292. The molecule has 0 spiro atoms. The molecule has 0 atom stereocenters. The molecule has 1 fully saturated rings. The van der Waals surface area contributed by atoms with Crippen molar-refractivity contribution in [1.29, 1.82) is 0 Å². The first-order chi connectivity index (χ1) is 15.6. The van der Waals surface area contributed by atoms with Crippen LogP contribution in [0.1, 0.15) is 39.5 Å². The van der Waals surface area contributed by atoms with Gasteiger partial charge in [0.05, 0.1) is 0 Å². The number of hydrogen-bond donors (Lipinski definition) is 1. The third kappa shape index (κ3) is 4.25. The number of rotatable bonds is 6. The van der Waals surface area contributed by atoms with Crippen LogP contribution in [-0.4, -0.2) is 29.2 Å². The number of amides is 1. The molecule has 0 bridgehead atoms. The molecule has 0 radical (unpaired) electrons. The number of nitrogens with zero attached hydrogens (tertiary/aromatic N) is 3. The Morgan fingerprint density at radius 2 is 1.97 bits per heavy atom. The number of thioether (sulfide) groups is 1. The first-order valence-electron chi connectivity index (χ1n) is 10.7. The Kier molecular flexibility index (Phi) is 5.89. The van der Waals surface area contributed by atoms with Crippen molar-refractivity contribution < 1.29 is 9.21 Å². The topological polar surface area (TPSA) is 71.3 Å². The van der Waals surface area contributed by atoms with Crippen LogP contribution >= 0.6 is 23.1 Å². The molecule has 0 aliphatic carbocycles. The van der Waals surface area contributed by atoms with Gasteiger partial charge in [-0.3, -0.25) is 4.79 Å². The summed E-state index contributed by atoms with van der Waals surface area (Å²) in [5.74, 6) is 0.696. The predicted molar refractivity (Wildman–Crippen MR) is 131 cm³/mol. The fourth-order valence-corrected chi connectivity index (χ4v) is 5.97. The summed E-state index contributed by atoms with van der Waals surface area (Å²) in [6.45, 7) is 6.23. The second kappa shape index (κ2) is 8.96. The zero-order valence-electron chi connectivity index (χ0n) is 18.1. The Morgan fingerprint density at radius 1 is 1.16 bits per heavy atom. The summed E-state index contributed by atoms with van der Waals surface area (Å²) in [5, 5.41) is 13.2. The van der Waals surface area contributed by atoms with Crippen LogP contribution in [0.4, 0.5) is 11.4 Å². The van der Waals surface area contributed by atoms with Crippen molar-refractivity contribution in [3.8, 4) is 0 Å². The van der Waals surface area contributed by atoms with Crippen molar-refractivity contribution in [1.82, 2.24) is 10.2 Å². The maximum Gasteiger partial charge on any atom is 0.291 e. The number of carbonyl (C=O) groups is 1. The number of para-hydroxylation sites is 1. The van der Waals surface area contributed by atoms with Gasteiger partial charge in [-0.15, -0.1) is 10.2 Å². The van der Waals surface area contributed by atoms with Gasteiger partial charge in [0, 0.05) is 41.2 Å². The SMILES string of the molecule is Cc1nnc(SCc2c(C(=O)Nc3ccc(N4CCCC4)c(C)c3)oc3ccccc23)s1. The monoisotopic (exact) mass is 464 g/mol. The lowest BCUT2D eigenvalue weighted by Gasteiger charge is -2.20. The maximum absolute atomic E-state index is 13.2. The number of anilines is 2. The molecule has 8 heteroatoms. The molecule has 4 aromatic rings. The number of hydrogen-bond acceptors (Lipinski definition) is 7. The summed E-state index contributed by atoms with van der Waals surface area (Å²) >= 11 is 3.12. The minimum Gasteiger partial charge on any atom is -0.451 e. The van der Waals surface area contributed by atoms with Crippen LogP contribution in [-0.2, 0) is 5.75 Å². The van der Waals surface area contributed by atoms with Gasteiger partial charge in [0.2, 0.25) is 0 Å². The zero-order valence-corrected chi connectivity index (χ0v) is 19.7. The molecule has 1 aliphatic heterocycles. The molecule has 164 valence electrons. The summed E-state index contributed by atoms with van der Waals surface area (Å²) in [6.07, 6.45) is 2.47. The third-order valence-corrected chi connectivity index (χ3v) is 7.65. The Balaban J connectivity index is 1.39. The Morgan fingerprint density at radius 3 is 2.72 bits per heavy atom. The molecule has 2 aromatic carbocycles. The van der Waals surface area contributed by atoms with E-state index in [2.05, 4.69) is 33.4 Å². The van der Waals surface area contributed by atoms with Crippen LogP contribution in [0, 0.1) is 13.8 Å². The molecule has 2 aromatic heterocycles. The molecular formula is C24H24N4O2S2. The minimum atomic E-state index is -0.237. The van der Waals surface area contributed by atoms with Crippen molar-refractivity contribution in [3.63, 3.8) is 0 Å². The van der Waals surface area contributed by atoms with E-state index in [-0.39, 0.29) is 5.91 Å². The van der Waals surface area contributed by atoms with E-state index in [1.165, 1.54) is 18.5 Å². The van der Waals surface area contributed by atoms with Crippen LogP contribution in [0.3, 0.4) is 0 Å². The summed E-state index contributed by atoms with van der Waals surface area (Å²) in [5.41, 5.74) is 4.77. The zero-order chi connectivity index (χ0) is 22.1. The summed E-state index contributed by atoms with van der Waals surface area (Å²) in [6, 6.07) is 13.9. The Hall–Kier alpha value is -2.84. The first-order valence-corrected chi connectivity index (χ1v) is 12.5. The molecule has 1 N–H and O–H groups in total. The molecule has 1 aliphatic rings. The van der Waals surface area contributed by atoms with Crippen LogP contribution in [0.25, 0.3) is 11.0 Å². The van der Waals surface area contributed by atoms with Crippen molar-refractivity contribution in [2.45, 2.75) is 36.8 Å². The maximum atomic E-state index is 13.2. The van der Waals surface area contributed by atoms with Crippen LogP contribution < -0.4 is 10.2 Å². The van der Waals surface area contributed by atoms with Gasteiger partial charge in [0.25, 0.3) is 5.91 Å². The highest BCUT2D eigenvalue weighted by molar-refractivity contribution is 8.00. The quantitative estimate of drug-likeness (QED) is 0.351. The molecule has 1 amide bonds. The minimum absolute atomic E-state index is 0.237. The van der Waals surface area contributed by atoms with Gasteiger partial charge in [0.15, 0.2) is 10.1 Å². The van der Waals surface area contributed by atoms with E-state index >= 15 is 0 Å². The summed E-state index contributed by atoms with van der Waals surface area (Å²) < 4.78 is 6.88. The number of carbonyl (C=O) groups excluding carboxylic acids is 1. The first kappa shape index (κ1) is 21.0. The molecule has 0 saturated carbocycles. The van der Waals surface area contributed by atoms with Crippen molar-refractivity contribution in [2.75, 3.05) is 23.3 Å². The van der Waals surface area contributed by atoms with E-state index in [1.807, 2.05) is 43.3 Å². The van der Waals surface area contributed by atoms with E-state index < -0.39 is 0 Å². The van der Waals surface area contributed by atoms with E-state index in [4.69, 9.17) is 4.42 Å². The lowest BCUT2D eigenvalue weighted by atomic mass is 10.1. The average Bonchev–Trinajstić information content (AvgIpc) is 3.52. The number of fused-ring (bicyclic) bond motifs is 1. The summed E-state index contributed by atoms with van der Waals surface area (Å²) in [7, 11) is 0. The van der Waals surface area contributed by atoms with Gasteiger partial charge in [-0.05, 0) is 56.5 Å². The van der Waals surface area contributed by atoms with E-state index in [1.54, 1.807) is 23.1 Å². The molecule has 3 heterocycles. The smallest absolute Gasteiger partial charge is 0.291 e. The van der Waals surface area contributed by atoms with Crippen molar-refractivity contribution in [2.24, 2.45) is 0 Å². The van der Waals surface area contributed by atoms with Gasteiger partial charge in [-0.2, -0.15) is 0 Å². The lowest BCUT2D eigenvalue weighted by molar-refractivity contribution is 0.0998. The molecule has 0 unspecified atom stereocenters. The number of furan rings is 1. The van der Waals surface area contributed by atoms with Gasteiger partial charge in [-0.25, -0.2) is 0 Å². The van der Waals surface area contributed by atoms with Crippen molar-refractivity contribution in [3.05, 3.63) is 64.4 Å². The molecule has 32 heavy (non-hydrogen) atoms. The number of aryl methyl sites for hydroxylation is 2. The van der Waals surface area contributed by atoms with E-state index in [9.17, 15) is 4.79 Å².